The van der Waals surface area contributed by atoms with E-state index >= 15 is 0 Å². The zero-order valence-electron chi connectivity index (χ0n) is 11.1. The van der Waals surface area contributed by atoms with E-state index in [1.54, 1.807) is 24.3 Å². The molecule has 0 aliphatic carbocycles. The van der Waals surface area contributed by atoms with Crippen molar-refractivity contribution in [1.29, 1.82) is 10.7 Å². The molecule has 2 rings (SSSR count). The van der Waals surface area contributed by atoms with E-state index in [9.17, 15) is 0 Å². The fraction of sp³-hybridized carbons (Fsp3) is 0.357. The molecule has 0 bridgehead atoms. The molecule has 1 aliphatic rings. The molecule has 6 heteroatoms. The van der Waals surface area contributed by atoms with Crippen LogP contribution in [0.15, 0.2) is 29.4 Å². The minimum atomic E-state index is 0.0989. The Bertz CT molecular complexity index is 538. The lowest BCUT2D eigenvalue weighted by Crippen LogP contribution is -2.39. The second-order valence-electron chi connectivity index (χ2n) is 4.59. The smallest absolute Gasteiger partial charge is 0.202 e. The van der Waals surface area contributed by atoms with Crippen LogP contribution < -0.4 is 5.43 Å². The number of piperidine rings is 1. The SMILES string of the molecule is N#C/C(=N\Nc1ccc(Cl)cc1)C(=N)N1CCCCC1. The topological polar surface area (TPSA) is 75.3 Å². The lowest BCUT2D eigenvalue weighted by Gasteiger charge is -2.27. The Balaban J connectivity index is 2.03. The van der Waals surface area contributed by atoms with Crippen molar-refractivity contribution in [2.45, 2.75) is 19.3 Å². The van der Waals surface area contributed by atoms with Crippen LogP contribution in [0.5, 0.6) is 0 Å². The van der Waals surface area contributed by atoms with E-state index < -0.39 is 0 Å². The van der Waals surface area contributed by atoms with E-state index in [1.807, 2.05) is 11.0 Å². The van der Waals surface area contributed by atoms with Crippen molar-refractivity contribution in [1.82, 2.24) is 4.90 Å². The number of rotatable bonds is 3. The molecule has 1 heterocycles. The molecule has 0 radical (unpaired) electrons. The van der Waals surface area contributed by atoms with Crippen LogP contribution in [0.2, 0.25) is 5.02 Å². The number of benzene rings is 1. The number of hydrazone groups is 1. The Kier molecular flexibility index (Phi) is 4.97. The third kappa shape index (κ3) is 3.72. The number of hydrogen-bond donors (Lipinski definition) is 2. The maximum absolute atomic E-state index is 9.14. The Hall–Kier alpha value is -2.06. The molecule has 0 spiro atoms. The molecule has 5 nitrogen and oxygen atoms in total. The van der Waals surface area contributed by atoms with Gasteiger partial charge in [-0.25, -0.2) is 0 Å². The molecule has 0 atom stereocenters. The summed E-state index contributed by atoms with van der Waals surface area (Å²) in [5.41, 5.74) is 3.61. The molecule has 0 saturated carbocycles. The van der Waals surface area contributed by atoms with E-state index in [1.165, 1.54) is 6.42 Å². The van der Waals surface area contributed by atoms with Crippen molar-refractivity contribution in [2.75, 3.05) is 18.5 Å². The van der Waals surface area contributed by atoms with Gasteiger partial charge in [-0.2, -0.15) is 10.4 Å². The van der Waals surface area contributed by atoms with E-state index in [2.05, 4.69) is 10.5 Å². The zero-order valence-corrected chi connectivity index (χ0v) is 11.8. The molecule has 1 aromatic carbocycles. The standard InChI is InChI=1S/C14H16ClN5/c15-11-4-6-12(7-5-11)18-19-13(10-16)14(17)20-8-2-1-3-9-20/h4-7,17-18H,1-3,8-9H2/b17-14?,19-13+. The predicted molar refractivity (Wildman–Crippen MR) is 81.3 cm³/mol. The van der Waals surface area contributed by atoms with Crippen LogP contribution in [0.4, 0.5) is 5.69 Å². The van der Waals surface area contributed by atoms with Crippen LogP contribution in [0.25, 0.3) is 0 Å². The number of likely N-dealkylation sites (tertiary alicyclic amines) is 1. The summed E-state index contributed by atoms with van der Waals surface area (Å²) in [5.74, 6) is 0.189. The Labute approximate surface area is 123 Å². The highest BCUT2D eigenvalue weighted by Gasteiger charge is 2.18. The second kappa shape index (κ2) is 6.92. The van der Waals surface area contributed by atoms with Gasteiger partial charge < -0.3 is 4.90 Å². The molecule has 104 valence electrons. The van der Waals surface area contributed by atoms with Crippen LogP contribution in [0.3, 0.4) is 0 Å². The Morgan fingerprint density at radius 1 is 1.25 bits per heavy atom. The molecule has 1 fully saturated rings. The molecule has 0 amide bonds. The van der Waals surface area contributed by atoms with Crippen LogP contribution >= 0.6 is 11.6 Å². The third-order valence-corrected chi connectivity index (χ3v) is 3.40. The minimum absolute atomic E-state index is 0.0989. The van der Waals surface area contributed by atoms with Gasteiger partial charge in [0.05, 0.1) is 5.69 Å². The average molecular weight is 290 g/mol. The summed E-state index contributed by atoms with van der Waals surface area (Å²) in [4.78, 5) is 1.90. The lowest BCUT2D eigenvalue weighted by atomic mass is 10.1. The van der Waals surface area contributed by atoms with Crippen LogP contribution in [0, 0.1) is 16.7 Å². The first-order chi connectivity index (χ1) is 9.70. The van der Waals surface area contributed by atoms with Gasteiger partial charge in [0.25, 0.3) is 0 Å². The predicted octanol–water partition coefficient (Wildman–Crippen LogP) is 3.09. The highest BCUT2D eigenvalue weighted by atomic mass is 35.5. The number of hydrogen-bond acceptors (Lipinski definition) is 4. The molecule has 1 saturated heterocycles. The van der Waals surface area contributed by atoms with Gasteiger partial charge in [0.15, 0.2) is 5.84 Å². The molecule has 1 aromatic rings. The number of halogens is 1. The molecular weight excluding hydrogens is 274 g/mol. The quantitative estimate of drug-likeness (QED) is 0.510. The van der Waals surface area contributed by atoms with Gasteiger partial charge in [0, 0.05) is 18.1 Å². The highest BCUT2D eigenvalue weighted by molar-refractivity contribution is 6.46. The Morgan fingerprint density at radius 2 is 1.90 bits per heavy atom. The molecule has 1 aliphatic heterocycles. The highest BCUT2D eigenvalue weighted by Crippen LogP contribution is 2.13. The fourth-order valence-electron chi connectivity index (χ4n) is 2.04. The van der Waals surface area contributed by atoms with Gasteiger partial charge in [-0.3, -0.25) is 10.8 Å². The maximum Gasteiger partial charge on any atom is 0.202 e. The summed E-state index contributed by atoms with van der Waals surface area (Å²) >= 11 is 5.80. The molecule has 0 aromatic heterocycles. The maximum atomic E-state index is 9.14. The summed E-state index contributed by atoms with van der Waals surface area (Å²) in [5, 5.41) is 21.8. The van der Waals surface area contributed by atoms with Gasteiger partial charge in [-0.15, -0.1) is 0 Å². The number of nitrogens with zero attached hydrogens (tertiary/aromatic N) is 3. The van der Waals surface area contributed by atoms with E-state index in [-0.39, 0.29) is 11.5 Å². The van der Waals surface area contributed by atoms with Crippen molar-refractivity contribution >= 4 is 28.8 Å². The number of amidine groups is 1. The van der Waals surface area contributed by atoms with Gasteiger partial charge >= 0.3 is 0 Å². The van der Waals surface area contributed by atoms with Crippen LogP contribution in [-0.4, -0.2) is 29.5 Å². The van der Waals surface area contributed by atoms with Crippen molar-refractivity contribution in [3.8, 4) is 6.07 Å². The van der Waals surface area contributed by atoms with Crippen molar-refractivity contribution in [3.05, 3.63) is 29.3 Å². The van der Waals surface area contributed by atoms with E-state index in [0.29, 0.717) is 5.02 Å². The molecule has 0 unspecified atom stereocenters. The summed E-state index contributed by atoms with van der Waals surface area (Å²) in [6, 6.07) is 8.99. The minimum Gasteiger partial charge on any atom is -0.355 e. The van der Waals surface area contributed by atoms with Gasteiger partial charge in [0.1, 0.15) is 6.07 Å². The average Bonchev–Trinajstić information content (AvgIpc) is 2.50. The van der Waals surface area contributed by atoms with Gasteiger partial charge in [-0.1, -0.05) is 11.6 Å². The van der Waals surface area contributed by atoms with E-state index in [0.717, 1.165) is 31.6 Å². The molecule has 2 N–H and O–H groups in total. The number of nitrogens with one attached hydrogen (secondary N) is 2. The van der Waals surface area contributed by atoms with Crippen LogP contribution in [0.1, 0.15) is 19.3 Å². The zero-order chi connectivity index (χ0) is 14.4. The molecular formula is C14H16ClN5. The van der Waals surface area contributed by atoms with Gasteiger partial charge in [0.2, 0.25) is 5.71 Å². The van der Waals surface area contributed by atoms with Gasteiger partial charge in [-0.05, 0) is 43.5 Å². The second-order valence-corrected chi connectivity index (χ2v) is 5.02. The van der Waals surface area contributed by atoms with E-state index in [4.69, 9.17) is 22.3 Å². The number of nitriles is 1. The summed E-state index contributed by atoms with van der Waals surface area (Å²) < 4.78 is 0. The van der Waals surface area contributed by atoms with Crippen LogP contribution in [-0.2, 0) is 0 Å². The summed E-state index contributed by atoms with van der Waals surface area (Å²) in [6.07, 6.45) is 3.31. The first-order valence-corrected chi connectivity index (χ1v) is 6.92. The normalized spacial score (nSPS) is 15.6. The molecule has 20 heavy (non-hydrogen) atoms. The van der Waals surface area contributed by atoms with Crippen molar-refractivity contribution in [2.24, 2.45) is 5.10 Å². The monoisotopic (exact) mass is 289 g/mol. The Morgan fingerprint density at radius 3 is 2.50 bits per heavy atom. The van der Waals surface area contributed by atoms with Crippen molar-refractivity contribution in [3.63, 3.8) is 0 Å². The fourth-order valence-corrected chi connectivity index (χ4v) is 2.17. The number of anilines is 1. The lowest BCUT2D eigenvalue weighted by molar-refractivity contribution is 0.344. The van der Waals surface area contributed by atoms with Crippen molar-refractivity contribution < 1.29 is 0 Å². The summed E-state index contributed by atoms with van der Waals surface area (Å²) in [7, 11) is 0. The first kappa shape index (κ1) is 14.4. The summed E-state index contributed by atoms with van der Waals surface area (Å²) in [6.45, 7) is 1.64. The third-order valence-electron chi connectivity index (χ3n) is 3.14. The first-order valence-electron chi connectivity index (χ1n) is 6.54. The largest absolute Gasteiger partial charge is 0.355 e.